The average Bonchev–Trinajstić information content (AvgIpc) is 2.92. The second-order valence-electron chi connectivity index (χ2n) is 4.24. The van der Waals surface area contributed by atoms with Crippen molar-refractivity contribution in [3.05, 3.63) is 17.3 Å². The third-order valence-corrected chi connectivity index (χ3v) is 3.64. The molecule has 0 spiro atoms. The van der Waals surface area contributed by atoms with E-state index in [-0.39, 0.29) is 0 Å². The Labute approximate surface area is 111 Å². The molecule has 0 unspecified atom stereocenters. The highest BCUT2D eigenvalue weighted by molar-refractivity contribution is 7.15. The summed E-state index contributed by atoms with van der Waals surface area (Å²) in [4.78, 5) is 7.95. The van der Waals surface area contributed by atoms with Gasteiger partial charge in [0.15, 0.2) is 10.8 Å². The van der Waals surface area contributed by atoms with E-state index < -0.39 is 0 Å². The van der Waals surface area contributed by atoms with Gasteiger partial charge in [-0.25, -0.2) is 4.98 Å². The van der Waals surface area contributed by atoms with Crippen molar-refractivity contribution in [2.24, 2.45) is 0 Å². The standard InChI is InChI=1S/C12H20N4OS/c1-13-9-10-11(15(2)5-4-7-17-3)14-12-16(10)6-8-18-12/h6,8,13H,4-5,7,9H2,1-3H3. The molecule has 18 heavy (non-hydrogen) atoms. The van der Waals surface area contributed by atoms with Gasteiger partial charge in [0.1, 0.15) is 0 Å². The van der Waals surface area contributed by atoms with Crippen molar-refractivity contribution in [3.63, 3.8) is 0 Å². The number of aromatic nitrogens is 2. The normalized spacial score (nSPS) is 11.3. The van der Waals surface area contributed by atoms with E-state index >= 15 is 0 Å². The molecule has 6 heteroatoms. The number of nitrogens with one attached hydrogen (secondary N) is 1. The van der Waals surface area contributed by atoms with E-state index in [0.717, 1.165) is 36.9 Å². The van der Waals surface area contributed by atoms with Crippen LogP contribution in [0.5, 0.6) is 0 Å². The summed E-state index contributed by atoms with van der Waals surface area (Å²) in [5.41, 5.74) is 1.22. The number of methoxy groups -OCH3 is 1. The Kier molecular flexibility index (Phi) is 4.57. The van der Waals surface area contributed by atoms with Crippen molar-refractivity contribution in [1.29, 1.82) is 0 Å². The Morgan fingerprint density at radius 3 is 3.11 bits per heavy atom. The molecule has 0 saturated heterocycles. The second-order valence-corrected chi connectivity index (χ2v) is 5.11. The molecule has 2 aromatic heterocycles. The fourth-order valence-corrected chi connectivity index (χ4v) is 2.74. The lowest BCUT2D eigenvalue weighted by Crippen LogP contribution is -2.22. The Morgan fingerprint density at radius 2 is 2.39 bits per heavy atom. The highest BCUT2D eigenvalue weighted by atomic mass is 32.1. The first-order valence-electron chi connectivity index (χ1n) is 6.07. The molecule has 2 rings (SSSR count). The third kappa shape index (κ3) is 2.66. The number of fused-ring (bicyclic) bond motifs is 1. The van der Waals surface area contributed by atoms with Gasteiger partial charge in [-0.2, -0.15) is 0 Å². The van der Waals surface area contributed by atoms with Gasteiger partial charge >= 0.3 is 0 Å². The number of thiazole rings is 1. The maximum Gasteiger partial charge on any atom is 0.195 e. The first-order valence-corrected chi connectivity index (χ1v) is 6.95. The van der Waals surface area contributed by atoms with Gasteiger partial charge in [0, 0.05) is 45.4 Å². The van der Waals surface area contributed by atoms with Crippen LogP contribution >= 0.6 is 11.3 Å². The van der Waals surface area contributed by atoms with E-state index in [1.807, 2.05) is 7.05 Å². The van der Waals surface area contributed by atoms with Crippen molar-refractivity contribution in [2.75, 3.05) is 39.3 Å². The van der Waals surface area contributed by atoms with Crippen molar-refractivity contribution >= 4 is 22.1 Å². The summed E-state index contributed by atoms with van der Waals surface area (Å²) >= 11 is 1.67. The van der Waals surface area contributed by atoms with Crippen LogP contribution in [0.1, 0.15) is 12.1 Å². The van der Waals surface area contributed by atoms with Crippen LogP contribution < -0.4 is 10.2 Å². The second kappa shape index (κ2) is 6.17. The predicted octanol–water partition coefficient (Wildman–Crippen LogP) is 1.59. The summed E-state index contributed by atoms with van der Waals surface area (Å²) < 4.78 is 7.24. The van der Waals surface area contributed by atoms with Crippen LogP contribution in [0.2, 0.25) is 0 Å². The first kappa shape index (κ1) is 13.3. The highest BCUT2D eigenvalue weighted by Gasteiger charge is 2.15. The molecule has 0 amide bonds. The van der Waals surface area contributed by atoms with Crippen molar-refractivity contribution in [1.82, 2.24) is 14.7 Å². The summed E-state index contributed by atoms with van der Waals surface area (Å²) in [6.45, 7) is 2.56. The molecule has 0 aromatic carbocycles. The Bertz CT molecular complexity index is 493. The molecule has 2 heterocycles. The lowest BCUT2D eigenvalue weighted by Gasteiger charge is -2.18. The number of rotatable bonds is 7. The number of imidazole rings is 1. The van der Waals surface area contributed by atoms with Gasteiger partial charge in [0.05, 0.1) is 5.69 Å². The zero-order valence-corrected chi connectivity index (χ0v) is 12.0. The zero-order valence-electron chi connectivity index (χ0n) is 11.1. The van der Waals surface area contributed by atoms with Gasteiger partial charge in [-0.3, -0.25) is 4.40 Å². The fourth-order valence-electron chi connectivity index (χ4n) is 2.01. The molecule has 0 aliphatic heterocycles. The Hall–Kier alpha value is -1.11. The summed E-state index contributed by atoms with van der Waals surface area (Å²) in [7, 11) is 5.78. The molecule has 0 radical (unpaired) electrons. The van der Waals surface area contributed by atoms with Crippen molar-refractivity contribution < 1.29 is 4.74 Å². The van der Waals surface area contributed by atoms with E-state index in [4.69, 9.17) is 9.72 Å². The highest BCUT2D eigenvalue weighted by Crippen LogP contribution is 2.23. The van der Waals surface area contributed by atoms with E-state index in [1.54, 1.807) is 18.4 Å². The Balaban J connectivity index is 2.19. The fraction of sp³-hybridized carbons (Fsp3) is 0.583. The van der Waals surface area contributed by atoms with Gasteiger partial charge in [0.25, 0.3) is 0 Å². The molecule has 5 nitrogen and oxygen atoms in total. The molecular weight excluding hydrogens is 248 g/mol. The van der Waals surface area contributed by atoms with Crippen LogP contribution in [-0.2, 0) is 11.3 Å². The topological polar surface area (TPSA) is 41.8 Å². The largest absolute Gasteiger partial charge is 0.385 e. The summed E-state index contributed by atoms with van der Waals surface area (Å²) in [5, 5.41) is 5.27. The molecule has 0 bridgehead atoms. The lowest BCUT2D eigenvalue weighted by molar-refractivity contribution is 0.196. The monoisotopic (exact) mass is 268 g/mol. The molecule has 0 fully saturated rings. The predicted molar refractivity (Wildman–Crippen MR) is 75.6 cm³/mol. The summed E-state index contributed by atoms with van der Waals surface area (Å²) in [6.07, 6.45) is 3.09. The first-order chi connectivity index (χ1) is 8.77. The van der Waals surface area contributed by atoms with Gasteiger partial charge in [0.2, 0.25) is 0 Å². The average molecular weight is 268 g/mol. The van der Waals surface area contributed by atoms with Crippen LogP contribution in [-0.4, -0.2) is 43.7 Å². The minimum Gasteiger partial charge on any atom is -0.385 e. The number of ether oxygens (including phenoxy) is 1. The van der Waals surface area contributed by atoms with E-state index in [0.29, 0.717) is 0 Å². The number of nitrogens with zero attached hydrogens (tertiary/aromatic N) is 3. The third-order valence-electron chi connectivity index (χ3n) is 2.89. The van der Waals surface area contributed by atoms with Crippen LogP contribution in [0.3, 0.4) is 0 Å². The van der Waals surface area contributed by atoms with Gasteiger partial charge in [-0.1, -0.05) is 0 Å². The molecule has 0 aliphatic rings. The molecule has 0 atom stereocenters. The zero-order chi connectivity index (χ0) is 13.0. The molecule has 0 aliphatic carbocycles. The van der Waals surface area contributed by atoms with Crippen LogP contribution in [0.4, 0.5) is 5.82 Å². The SMILES string of the molecule is CNCc1c(N(C)CCCOC)nc2sccn12. The quantitative estimate of drug-likeness (QED) is 0.774. The number of anilines is 1. The minimum atomic E-state index is 0.786. The molecule has 2 aromatic rings. The van der Waals surface area contributed by atoms with Gasteiger partial charge in [-0.05, 0) is 13.5 Å². The maximum absolute atomic E-state index is 5.09. The molecule has 100 valence electrons. The van der Waals surface area contributed by atoms with Crippen LogP contribution in [0.25, 0.3) is 4.96 Å². The van der Waals surface area contributed by atoms with Crippen LogP contribution in [0, 0.1) is 0 Å². The summed E-state index contributed by atoms with van der Waals surface area (Å²) in [6, 6.07) is 0. The molecular formula is C12H20N4OS. The summed E-state index contributed by atoms with van der Waals surface area (Å²) in [5.74, 6) is 1.06. The number of hydrogen-bond acceptors (Lipinski definition) is 5. The molecule has 1 N–H and O–H groups in total. The molecule has 0 saturated carbocycles. The lowest BCUT2D eigenvalue weighted by atomic mass is 10.3. The van der Waals surface area contributed by atoms with Crippen molar-refractivity contribution in [3.8, 4) is 0 Å². The Morgan fingerprint density at radius 1 is 1.56 bits per heavy atom. The van der Waals surface area contributed by atoms with Crippen LogP contribution in [0.15, 0.2) is 11.6 Å². The van der Waals surface area contributed by atoms with E-state index in [9.17, 15) is 0 Å². The smallest absolute Gasteiger partial charge is 0.195 e. The van der Waals surface area contributed by atoms with E-state index in [2.05, 4.69) is 33.2 Å². The van der Waals surface area contributed by atoms with Crippen molar-refractivity contribution in [2.45, 2.75) is 13.0 Å². The number of hydrogen-bond donors (Lipinski definition) is 1. The van der Waals surface area contributed by atoms with Gasteiger partial charge < -0.3 is 15.0 Å². The maximum atomic E-state index is 5.09. The van der Waals surface area contributed by atoms with E-state index in [1.165, 1.54) is 5.69 Å². The minimum absolute atomic E-state index is 0.786. The van der Waals surface area contributed by atoms with Gasteiger partial charge in [-0.15, -0.1) is 11.3 Å².